The minimum atomic E-state index is -3.62. The Morgan fingerprint density at radius 3 is 2.52 bits per heavy atom. The normalized spacial score (nSPS) is 15.9. The smallest absolute Gasteiger partial charge is 0.267 e. The number of carbonyl (C=O) groups excluding carboxylic acids is 1. The molecule has 29 heavy (non-hydrogen) atoms. The van der Waals surface area contributed by atoms with E-state index in [1.54, 1.807) is 37.3 Å². The Balaban J connectivity index is 1.78. The van der Waals surface area contributed by atoms with E-state index in [1.807, 2.05) is 0 Å². The van der Waals surface area contributed by atoms with E-state index in [-0.39, 0.29) is 10.5 Å². The lowest BCUT2D eigenvalue weighted by Gasteiger charge is -2.25. The van der Waals surface area contributed by atoms with Crippen molar-refractivity contribution in [3.8, 4) is 0 Å². The molecular formula is C20H21Cl2N3O3S. The van der Waals surface area contributed by atoms with Gasteiger partial charge in [0.25, 0.3) is 5.91 Å². The first-order valence-corrected chi connectivity index (χ1v) is 11.4. The van der Waals surface area contributed by atoms with Gasteiger partial charge in [-0.25, -0.2) is 13.8 Å². The van der Waals surface area contributed by atoms with Crippen LogP contribution in [0.2, 0.25) is 10.0 Å². The summed E-state index contributed by atoms with van der Waals surface area (Å²) in [5.74, 6) is -0.516. The summed E-state index contributed by atoms with van der Waals surface area (Å²) in [6.07, 6.45) is 2.72. The number of nitrogens with zero attached hydrogens (tertiary/aromatic N) is 2. The Morgan fingerprint density at radius 2 is 1.79 bits per heavy atom. The van der Waals surface area contributed by atoms with Gasteiger partial charge in [-0.05, 0) is 56.2 Å². The van der Waals surface area contributed by atoms with E-state index in [0.717, 1.165) is 19.3 Å². The van der Waals surface area contributed by atoms with Crippen LogP contribution in [0.3, 0.4) is 0 Å². The SMILES string of the molecule is CC(=NNC(=O)c1cccc(S(=O)(=O)N2CCCCC2)c1)c1cc(Cl)ccc1Cl. The highest BCUT2D eigenvalue weighted by atomic mass is 35.5. The van der Waals surface area contributed by atoms with Crippen molar-refractivity contribution in [2.24, 2.45) is 5.10 Å². The van der Waals surface area contributed by atoms with Crippen LogP contribution in [-0.2, 0) is 10.0 Å². The second-order valence-electron chi connectivity index (χ2n) is 6.75. The quantitative estimate of drug-likeness (QED) is 0.540. The summed E-state index contributed by atoms with van der Waals surface area (Å²) in [6, 6.07) is 10.9. The molecule has 2 aromatic rings. The first kappa shape index (κ1) is 21.8. The van der Waals surface area contributed by atoms with Crippen molar-refractivity contribution >= 4 is 44.8 Å². The lowest BCUT2D eigenvalue weighted by atomic mass is 10.1. The topological polar surface area (TPSA) is 78.8 Å². The highest BCUT2D eigenvalue weighted by Crippen LogP contribution is 2.22. The van der Waals surface area contributed by atoms with Crippen LogP contribution in [0.1, 0.15) is 42.1 Å². The average molecular weight is 454 g/mol. The third-order valence-electron chi connectivity index (χ3n) is 4.69. The zero-order valence-electron chi connectivity index (χ0n) is 15.9. The third kappa shape index (κ3) is 5.17. The fraction of sp³-hybridized carbons (Fsp3) is 0.300. The van der Waals surface area contributed by atoms with Crippen LogP contribution in [-0.4, -0.2) is 37.4 Å². The molecule has 1 N–H and O–H groups in total. The second kappa shape index (κ2) is 9.26. The number of hydrazone groups is 1. The van der Waals surface area contributed by atoms with Gasteiger partial charge in [-0.1, -0.05) is 35.7 Å². The van der Waals surface area contributed by atoms with E-state index in [4.69, 9.17) is 23.2 Å². The maximum Gasteiger partial charge on any atom is 0.271 e. The van der Waals surface area contributed by atoms with Gasteiger partial charge < -0.3 is 0 Å². The average Bonchev–Trinajstić information content (AvgIpc) is 2.74. The maximum atomic E-state index is 12.8. The zero-order chi connectivity index (χ0) is 21.0. The van der Waals surface area contributed by atoms with Crippen molar-refractivity contribution in [2.75, 3.05) is 13.1 Å². The molecule has 0 saturated carbocycles. The molecule has 0 spiro atoms. The molecule has 2 aromatic carbocycles. The summed E-state index contributed by atoms with van der Waals surface area (Å²) in [6.45, 7) is 2.69. The van der Waals surface area contributed by atoms with Gasteiger partial charge in [0, 0.05) is 34.3 Å². The molecule has 0 radical (unpaired) electrons. The van der Waals surface area contributed by atoms with Gasteiger partial charge >= 0.3 is 0 Å². The molecule has 3 rings (SSSR count). The number of piperidine rings is 1. The monoisotopic (exact) mass is 453 g/mol. The Labute approximate surface area is 180 Å². The molecule has 0 aliphatic carbocycles. The number of hydrogen-bond acceptors (Lipinski definition) is 4. The van der Waals surface area contributed by atoms with Crippen LogP contribution >= 0.6 is 23.2 Å². The first-order valence-electron chi connectivity index (χ1n) is 9.19. The Hall–Kier alpha value is -1.93. The lowest BCUT2D eigenvalue weighted by Crippen LogP contribution is -2.35. The van der Waals surface area contributed by atoms with E-state index in [0.29, 0.717) is 34.4 Å². The number of halogens is 2. The number of carbonyl (C=O) groups is 1. The minimum Gasteiger partial charge on any atom is -0.267 e. The molecule has 0 bridgehead atoms. The molecule has 0 atom stereocenters. The summed E-state index contributed by atoms with van der Waals surface area (Å²) in [5, 5.41) is 5.03. The van der Waals surface area contributed by atoms with Crippen molar-refractivity contribution in [3.05, 3.63) is 63.6 Å². The van der Waals surface area contributed by atoms with Crippen LogP contribution in [0.25, 0.3) is 0 Å². The Morgan fingerprint density at radius 1 is 1.07 bits per heavy atom. The fourth-order valence-corrected chi connectivity index (χ4v) is 5.08. The van der Waals surface area contributed by atoms with E-state index in [9.17, 15) is 13.2 Å². The maximum absolute atomic E-state index is 12.8. The molecule has 1 aliphatic rings. The third-order valence-corrected chi connectivity index (χ3v) is 7.15. The number of rotatable bonds is 5. The number of hydrogen-bond donors (Lipinski definition) is 1. The van der Waals surface area contributed by atoms with Gasteiger partial charge in [-0.15, -0.1) is 0 Å². The highest BCUT2D eigenvalue weighted by Gasteiger charge is 2.26. The summed E-state index contributed by atoms with van der Waals surface area (Å²) < 4.78 is 27.1. The largest absolute Gasteiger partial charge is 0.271 e. The van der Waals surface area contributed by atoms with E-state index in [1.165, 1.54) is 16.4 Å². The Bertz CT molecular complexity index is 1050. The summed E-state index contributed by atoms with van der Waals surface area (Å²) >= 11 is 12.1. The summed E-state index contributed by atoms with van der Waals surface area (Å²) in [4.78, 5) is 12.6. The molecule has 0 aromatic heterocycles. The second-order valence-corrected chi connectivity index (χ2v) is 9.54. The van der Waals surface area contributed by atoms with Crippen LogP contribution in [0.5, 0.6) is 0 Å². The van der Waals surface area contributed by atoms with E-state index >= 15 is 0 Å². The highest BCUT2D eigenvalue weighted by molar-refractivity contribution is 7.89. The van der Waals surface area contributed by atoms with E-state index < -0.39 is 15.9 Å². The van der Waals surface area contributed by atoms with Crippen LogP contribution in [0.15, 0.2) is 52.5 Å². The zero-order valence-corrected chi connectivity index (χ0v) is 18.2. The molecule has 0 unspecified atom stereocenters. The van der Waals surface area contributed by atoms with Gasteiger partial charge in [-0.3, -0.25) is 4.79 Å². The van der Waals surface area contributed by atoms with Gasteiger partial charge in [0.1, 0.15) is 0 Å². The van der Waals surface area contributed by atoms with Crippen LogP contribution < -0.4 is 5.43 Å². The molecule has 1 fully saturated rings. The number of amides is 1. The van der Waals surface area contributed by atoms with Crippen molar-refractivity contribution < 1.29 is 13.2 Å². The van der Waals surface area contributed by atoms with Gasteiger partial charge in [0.2, 0.25) is 10.0 Å². The van der Waals surface area contributed by atoms with Crippen molar-refractivity contribution in [1.82, 2.24) is 9.73 Å². The summed E-state index contributed by atoms with van der Waals surface area (Å²) in [7, 11) is -3.62. The van der Waals surface area contributed by atoms with Gasteiger partial charge in [-0.2, -0.15) is 9.41 Å². The van der Waals surface area contributed by atoms with Crippen molar-refractivity contribution in [2.45, 2.75) is 31.1 Å². The predicted molar refractivity (Wildman–Crippen MR) is 115 cm³/mol. The number of sulfonamides is 1. The molecule has 1 aliphatic heterocycles. The summed E-state index contributed by atoms with van der Waals surface area (Å²) in [5.41, 5.74) is 3.72. The van der Waals surface area contributed by atoms with Crippen LogP contribution in [0, 0.1) is 0 Å². The number of benzene rings is 2. The van der Waals surface area contributed by atoms with Crippen LogP contribution in [0.4, 0.5) is 0 Å². The fourth-order valence-electron chi connectivity index (χ4n) is 3.09. The molecule has 154 valence electrons. The minimum absolute atomic E-state index is 0.102. The van der Waals surface area contributed by atoms with Gasteiger partial charge in [0.15, 0.2) is 0 Å². The standard InChI is InChI=1S/C20H21Cl2N3O3S/c1-14(18-13-16(21)8-9-19(18)22)23-24-20(26)15-6-5-7-17(12-15)29(27,28)25-10-3-2-4-11-25/h5-9,12-13H,2-4,10-11H2,1H3,(H,24,26). The molecule has 6 nitrogen and oxygen atoms in total. The molecule has 9 heteroatoms. The van der Waals surface area contributed by atoms with Crippen molar-refractivity contribution in [3.63, 3.8) is 0 Å². The molecule has 1 heterocycles. The first-order chi connectivity index (χ1) is 13.8. The van der Waals surface area contributed by atoms with Crippen molar-refractivity contribution in [1.29, 1.82) is 0 Å². The lowest BCUT2D eigenvalue weighted by molar-refractivity contribution is 0.0954. The number of nitrogens with one attached hydrogen (secondary N) is 1. The van der Waals surface area contributed by atoms with Gasteiger partial charge in [0.05, 0.1) is 10.6 Å². The predicted octanol–water partition coefficient (Wildman–Crippen LogP) is 4.32. The molecular weight excluding hydrogens is 433 g/mol. The molecule has 1 saturated heterocycles. The van der Waals surface area contributed by atoms with E-state index in [2.05, 4.69) is 10.5 Å². The Kier molecular flexibility index (Phi) is 6.95. The molecule has 1 amide bonds.